The second-order valence-electron chi connectivity index (χ2n) is 8.24. The van der Waals surface area contributed by atoms with Crippen molar-refractivity contribution >= 4 is 27.5 Å². The molecule has 2 saturated heterocycles. The van der Waals surface area contributed by atoms with Crippen LogP contribution in [0.1, 0.15) is 45.4 Å². The lowest BCUT2D eigenvalue weighted by Crippen LogP contribution is -2.43. The Morgan fingerprint density at radius 1 is 1.10 bits per heavy atom. The molecule has 2 aliphatic heterocycles. The first-order valence-electron chi connectivity index (χ1n) is 10.6. The average molecular weight is 442 g/mol. The summed E-state index contributed by atoms with van der Waals surface area (Å²) in [7, 11) is -3.49. The molecule has 29 heavy (non-hydrogen) atoms. The van der Waals surface area contributed by atoms with E-state index in [1.165, 1.54) is 23.6 Å². The number of benzene rings is 1. The van der Waals surface area contributed by atoms with E-state index in [4.69, 9.17) is 11.6 Å². The van der Waals surface area contributed by atoms with Crippen molar-refractivity contribution in [1.82, 2.24) is 14.5 Å². The van der Waals surface area contributed by atoms with Gasteiger partial charge in [-0.25, -0.2) is 8.42 Å². The number of amides is 1. The summed E-state index contributed by atoms with van der Waals surface area (Å²) >= 11 is 5.85. The quantitative estimate of drug-likeness (QED) is 0.705. The summed E-state index contributed by atoms with van der Waals surface area (Å²) in [5, 5.41) is 3.56. The summed E-state index contributed by atoms with van der Waals surface area (Å²) in [4.78, 5) is 15.0. The van der Waals surface area contributed by atoms with Gasteiger partial charge in [0.05, 0.1) is 4.90 Å². The van der Waals surface area contributed by atoms with Crippen LogP contribution in [0.5, 0.6) is 0 Å². The van der Waals surface area contributed by atoms with Gasteiger partial charge in [-0.1, -0.05) is 18.0 Å². The number of hydrogen-bond acceptors (Lipinski definition) is 4. The lowest BCUT2D eigenvalue weighted by molar-refractivity contribution is -0.122. The van der Waals surface area contributed by atoms with E-state index in [9.17, 15) is 13.2 Å². The molecule has 2 aliphatic rings. The van der Waals surface area contributed by atoms with Crippen molar-refractivity contribution in [1.29, 1.82) is 0 Å². The highest BCUT2D eigenvalue weighted by atomic mass is 35.5. The maximum Gasteiger partial charge on any atom is 0.243 e. The lowest BCUT2D eigenvalue weighted by atomic mass is 9.94. The number of sulfonamides is 1. The molecule has 6 nitrogen and oxygen atoms in total. The summed E-state index contributed by atoms with van der Waals surface area (Å²) in [6.45, 7) is 5.88. The van der Waals surface area contributed by atoms with E-state index in [2.05, 4.69) is 17.1 Å². The Balaban J connectivity index is 1.40. The number of likely N-dealkylation sites (tertiary alicyclic amines) is 1. The minimum absolute atomic E-state index is 0.0775. The molecular formula is C21H32ClN3O3S. The lowest BCUT2D eigenvalue weighted by Gasteiger charge is -2.33. The van der Waals surface area contributed by atoms with E-state index >= 15 is 0 Å². The Morgan fingerprint density at radius 2 is 1.79 bits per heavy atom. The van der Waals surface area contributed by atoms with Gasteiger partial charge in [-0.15, -0.1) is 0 Å². The van der Waals surface area contributed by atoms with E-state index in [0.29, 0.717) is 50.0 Å². The second kappa shape index (κ2) is 10.2. The summed E-state index contributed by atoms with van der Waals surface area (Å²) in [6.07, 6.45) is 5.69. The van der Waals surface area contributed by atoms with E-state index in [-0.39, 0.29) is 16.7 Å². The van der Waals surface area contributed by atoms with Gasteiger partial charge in [-0.05, 0) is 69.3 Å². The summed E-state index contributed by atoms with van der Waals surface area (Å²) in [5.41, 5.74) is 0. The normalized spacial score (nSPS) is 22.5. The third-order valence-corrected chi connectivity index (χ3v) is 8.33. The van der Waals surface area contributed by atoms with Crippen molar-refractivity contribution in [2.24, 2.45) is 5.92 Å². The van der Waals surface area contributed by atoms with Crippen LogP contribution in [0.4, 0.5) is 0 Å². The predicted octanol–water partition coefficient (Wildman–Crippen LogP) is 3.12. The molecule has 1 atom stereocenters. The van der Waals surface area contributed by atoms with Crippen molar-refractivity contribution < 1.29 is 13.2 Å². The van der Waals surface area contributed by atoms with Crippen LogP contribution in [0.15, 0.2) is 29.2 Å². The Kier molecular flexibility index (Phi) is 7.96. The predicted molar refractivity (Wildman–Crippen MR) is 115 cm³/mol. The summed E-state index contributed by atoms with van der Waals surface area (Å²) in [5.74, 6) is 0.314. The van der Waals surface area contributed by atoms with Crippen molar-refractivity contribution in [2.75, 3.05) is 32.7 Å². The Bertz CT molecular complexity index is 777. The molecule has 162 valence electrons. The van der Waals surface area contributed by atoms with Crippen LogP contribution < -0.4 is 5.32 Å². The first kappa shape index (κ1) is 22.5. The number of carbonyl (C=O) groups excluding carboxylic acids is 1. The third-order valence-electron chi connectivity index (χ3n) is 6.16. The molecule has 1 aromatic carbocycles. The Morgan fingerprint density at radius 3 is 2.45 bits per heavy atom. The van der Waals surface area contributed by atoms with Crippen LogP contribution in [-0.2, 0) is 14.8 Å². The van der Waals surface area contributed by atoms with Crippen molar-refractivity contribution in [2.45, 2.75) is 56.4 Å². The minimum Gasteiger partial charge on any atom is -0.355 e. The van der Waals surface area contributed by atoms with Crippen molar-refractivity contribution in [3.63, 3.8) is 0 Å². The highest BCUT2D eigenvalue weighted by Gasteiger charge is 2.30. The fourth-order valence-electron chi connectivity index (χ4n) is 4.27. The SMILES string of the molecule is CC1CCCCN1CCNC(=O)CC1CCN(S(=O)(=O)c2ccc(Cl)cc2)CC1. The molecule has 0 bridgehead atoms. The molecule has 8 heteroatoms. The Labute approximate surface area is 179 Å². The minimum atomic E-state index is -3.49. The van der Waals surface area contributed by atoms with Gasteiger partial charge in [0.15, 0.2) is 0 Å². The zero-order valence-electron chi connectivity index (χ0n) is 17.1. The van der Waals surface area contributed by atoms with Gasteiger partial charge < -0.3 is 5.32 Å². The highest BCUT2D eigenvalue weighted by Crippen LogP contribution is 2.26. The topological polar surface area (TPSA) is 69.7 Å². The van der Waals surface area contributed by atoms with Gasteiger partial charge >= 0.3 is 0 Å². The summed E-state index contributed by atoms with van der Waals surface area (Å²) in [6, 6.07) is 6.88. The molecule has 1 aromatic rings. The first-order chi connectivity index (χ1) is 13.9. The first-order valence-corrected chi connectivity index (χ1v) is 12.4. The molecule has 1 unspecified atom stereocenters. The van der Waals surface area contributed by atoms with E-state index in [1.54, 1.807) is 24.3 Å². The fourth-order valence-corrected chi connectivity index (χ4v) is 5.87. The maximum absolute atomic E-state index is 12.7. The molecule has 1 amide bonds. The number of nitrogens with zero attached hydrogens (tertiary/aromatic N) is 2. The number of hydrogen-bond donors (Lipinski definition) is 1. The molecular weight excluding hydrogens is 410 g/mol. The largest absolute Gasteiger partial charge is 0.355 e. The van der Waals surface area contributed by atoms with E-state index in [1.807, 2.05) is 0 Å². The van der Waals surface area contributed by atoms with E-state index in [0.717, 1.165) is 13.1 Å². The number of piperidine rings is 2. The molecule has 0 spiro atoms. The van der Waals surface area contributed by atoms with Crippen LogP contribution in [0, 0.1) is 5.92 Å². The molecule has 1 N–H and O–H groups in total. The molecule has 0 saturated carbocycles. The fraction of sp³-hybridized carbons (Fsp3) is 0.667. The van der Waals surface area contributed by atoms with Gasteiger partial charge in [-0.2, -0.15) is 4.31 Å². The molecule has 2 fully saturated rings. The molecule has 0 aliphatic carbocycles. The zero-order chi connectivity index (χ0) is 20.9. The van der Waals surface area contributed by atoms with Crippen LogP contribution >= 0.6 is 11.6 Å². The average Bonchev–Trinajstić information content (AvgIpc) is 2.70. The van der Waals surface area contributed by atoms with Crippen LogP contribution in [0.3, 0.4) is 0 Å². The van der Waals surface area contributed by atoms with Gasteiger partial charge in [-0.3, -0.25) is 9.69 Å². The van der Waals surface area contributed by atoms with Gasteiger partial charge in [0.2, 0.25) is 15.9 Å². The van der Waals surface area contributed by atoms with Gasteiger partial charge in [0.1, 0.15) is 0 Å². The van der Waals surface area contributed by atoms with E-state index < -0.39 is 10.0 Å². The third kappa shape index (κ3) is 6.17. The number of halogens is 1. The van der Waals surface area contributed by atoms with Crippen LogP contribution in [0.25, 0.3) is 0 Å². The molecule has 3 rings (SSSR count). The Hall–Kier alpha value is -1.15. The molecule has 0 aromatic heterocycles. The number of rotatable bonds is 7. The number of carbonyl (C=O) groups is 1. The monoisotopic (exact) mass is 441 g/mol. The molecule has 0 radical (unpaired) electrons. The molecule has 2 heterocycles. The van der Waals surface area contributed by atoms with Gasteiger partial charge in [0.25, 0.3) is 0 Å². The maximum atomic E-state index is 12.7. The second-order valence-corrected chi connectivity index (χ2v) is 10.6. The standard InChI is InChI=1S/C21H32ClN3O3S/c1-17-4-2-3-12-24(17)15-11-23-21(26)16-18-9-13-25(14-10-18)29(27,28)20-7-5-19(22)6-8-20/h5-8,17-18H,2-4,9-16H2,1H3,(H,23,26). The smallest absolute Gasteiger partial charge is 0.243 e. The van der Waals surface area contributed by atoms with Crippen molar-refractivity contribution in [3.8, 4) is 0 Å². The van der Waals surface area contributed by atoms with Crippen molar-refractivity contribution in [3.05, 3.63) is 29.3 Å². The summed E-state index contributed by atoms with van der Waals surface area (Å²) < 4.78 is 27.0. The zero-order valence-corrected chi connectivity index (χ0v) is 18.7. The van der Waals surface area contributed by atoms with Crippen LogP contribution in [-0.4, -0.2) is 62.3 Å². The van der Waals surface area contributed by atoms with Crippen LogP contribution in [0.2, 0.25) is 5.02 Å². The number of nitrogens with one attached hydrogen (secondary N) is 1. The highest BCUT2D eigenvalue weighted by molar-refractivity contribution is 7.89. The van der Waals surface area contributed by atoms with Gasteiger partial charge in [0, 0.05) is 43.7 Å².